The number of aromatic nitrogens is 3. The monoisotopic (exact) mass is 866 g/mol. The van der Waals surface area contributed by atoms with Gasteiger partial charge in [-0.15, -0.1) is 11.3 Å². The molecule has 14 nitrogen and oxygen atoms in total. The third-order valence-corrected chi connectivity index (χ3v) is 14.6. The highest BCUT2D eigenvalue weighted by Gasteiger charge is 2.42. The van der Waals surface area contributed by atoms with Crippen LogP contribution in [0.25, 0.3) is 33.4 Å². The molecule has 0 unspecified atom stereocenters. The highest BCUT2D eigenvalue weighted by atomic mass is 32.1. The standard InChI is InChI=1S/C47H62N8O6S/c1-7-54-40-11-10-30-20-34(40)36(43(54)35-21-32(24-48-42(35)29(3)59-6)52-14-12-31-25-60-18-17-53(31)16-15-52)23-47(4,5)27-61-46(58)37-9-8-13-55(51-37)45(57)38(22-41-49-39(30)26-62-41)50-44(56)33-19-28(33)2/h10-11,20-21,24,26,28-29,31,33,37-38,51H,7-9,12-19,22-23,25,27H2,1-6H3,(H,50,56)/t28-,29-,31-,33-,37-,38-/m0/s1. The molecule has 3 aromatic heterocycles. The predicted octanol–water partition coefficient (Wildman–Crippen LogP) is 5.77. The fourth-order valence-electron chi connectivity index (χ4n) is 9.91. The minimum atomic E-state index is -0.831. The molecule has 6 atom stereocenters. The van der Waals surface area contributed by atoms with E-state index in [0.717, 1.165) is 114 Å². The number of benzene rings is 1. The van der Waals surface area contributed by atoms with Crippen molar-refractivity contribution in [1.29, 1.82) is 0 Å². The summed E-state index contributed by atoms with van der Waals surface area (Å²) >= 11 is 1.49. The molecule has 332 valence electrons. The predicted molar refractivity (Wildman–Crippen MR) is 240 cm³/mol. The van der Waals surface area contributed by atoms with E-state index >= 15 is 0 Å². The molecule has 2 amide bonds. The molecule has 9 rings (SSSR count). The topological polar surface area (TPSA) is 143 Å². The third-order valence-electron chi connectivity index (χ3n) is 13.8. The number of morpholine rings is 1. The molecular weight excluding hydrogens is 805 g/mol. The van der Waals surface area contributed by atoms with Crippen molar-refractivity contribution in [3.05, 3.63) is 52.1 Å². The summed E-state index contributed by atoms with van der Waals surface area (Å²) in [6.45, 7) is 17.3. The summed E-state index contributed by atoms with van der Waals surface area (Å²) in [6, 6.07) is 7.80. The fraction of sp³-hybridized carbons (Fsp3) is 0.596. The van der Waals surface area contributed by atoms with E-state index < -0.39 is 17.5 Å². The molecule has 62 heavy (non-hydrogen) atoms. The zero-order valence-corrected chi connectivity index (χ0v) is 37.9. The molecule has 3 saturated heterocycles. The van der Waals surface area contributed by atoms with Crippen LogP contribution in [0.4, 0.5) is 5.69 Å². The lowest BCUT2D eigenvalue weighted by Gasteiger charge is -2.35. The van der Waals surface area contributed by atoms with Gasteiger partial charge in [-0.3, -0.25) is 29.3 Å². The van der Waals surface area contributed by atoms with E-state index in [1.807, 2.05) is 11.6 Å². The van der Waals surface area contributed by atoms with E-state index in [1.165, 1.54) is 16.3 Å². The number of esters is 1. The molecule has 4 aliphatic heterocycles. The van der Waals surface area contributed by atoms with Crippen LogP contribution in [0.1, 0.15) is 82.7 Å². The SMILES string of the molecule is CCn1c(-c2cc(N3CC[C@H]4COCCN4CC3)cnc2[C@H](C)OC)c2c3cc(ccc31)-c1csc(n1)C[C@H](NC(=O)[C@H]1C[C@@H]1C)C(=O)N1CCC[C@H](N1)C(=O)OCC(C)(C)C2. The second-order valence-electron chi connectivity index (χ2n) is 18.8. The van der Waals surface area contributed by atoms with Crippen LogP contribution in [0.3, 0.4) is 0 Å². The van der Waals surface area contributed by atoms with Crippen molar-refractivity contribution in [2.45, 2.75) is 104 Å². The summed E-state index contributed by atoms with van der Waals surface area (Å²) in [4.78, 5) is 56.7. The molecule has 7 heterocycles. The summed E-state index contributed by atoms with van der Waals surface area (Å²) in [5.74, 6) is -0.573. The van der Waals surface area contributed by atoms with Crippen molar-refractivity contribution in [3.8, 4) is 22.5 Å². The first-order valence-corrected chi connectivity index (χ1v) is 23.5. The molecule has 4 fully saturated rings. The molecular formula is C47H62N8O6S. The Bertz CT molecular complexity index is 2310. The first-order chi connectivity index (χ1) is 29.9. The Hall–Kier alpha value is -4.41. The summed E-state index contributed by atoms with van der Waals surface area (Å²) in [7, 11) is 1.73. The largest absolute Gasteiger partial charge is 0.464 e. The number of rotatable bonds is 7. The van der Waals surface area contributed by atoms with Crippen LogP contribution in [-0.2, 0) is 48.0 Å². The molecule has 0 radical (unpaired) electrons. The number of hydrazine groups is 1. The summed E-state index contributed by atoms with van der Waals surface area (Å²) < 4.78 is 20.5. The average molecular weight is 867 g/mol. The molecule has 1 aromatic carbocycles. The van der Waals surface area contributed by atoms with Gasteiger partial charge in [0, 0.05) is 97.6 Å². The second-order valence-corrected chi connectivity index (χ2v) is 19.8. The number of amides is 2. The van der Waals surface area contributed by atoms with Crippen LogP contribution in [0.2, 0.25) is 0 Å². The van der Waals surface area contributed by atoms with E-state index in [4.69, 9.17) is 24.2 Å². The number of ether oxygens (including phenoxy) is 3. The van der Waals surface area contributed by atoms with Crippen molar-refractivity contribution in [2.24, 2.45) is 17.3 Å². The van der Waals surface area contributed by atoms with Gasteiger partial charge < -0.3 is 29.0 Å². The van der Waals surface area contributed by atoms with E-state index in [0.29, 0.717) is 37.8 Å². The van der Waals surface area contributed by atoms with E-state index in [1.54, 1.807) is 7.11 Å². The van der Waals surface area contributed by atoms with Crippen LogP contribution < -0.4 is 15.6 Å². The number of nitrogens with zero attached hydrogens (tertiary/aromatic N) is 6. The Morgan fingerprint density at radius 1 is 1.13 bits per heavy atom. The Morgan fingerprint density at radius 3 is 2.76 bits per heavy atom. The van der Waals surface area contributed by atoms with E-state index in [9.17, 15) is 14.4 Å². The lowest BCUT2D eigenvalue weighted by Crippen LogP contribution is -2.60. The van der Waals surface area contributed by atoms with Gasteiger partial charge in [0.15, 0.2) is 0 Å². The molecule has 5 aliphatic rings. The van der Waals surface area contributed by atoms with Crippen molar-refractivity contribution in [3.63, 3.8) is 0 Å². The van der Waals surface area contributed by atoms with Crippen molar-refractivity contribution in [1.82, 2.24) is 35.2 Å². The summed E-state index contributed by atoms with van der Waals surface area (Å²) in [6.07, 6.45) is 5.62. The van der Waals surface area contributed by atoms with Crippen LogP contribution in [0.15, 0.2) is 35.8 Å². The smallest absolute Gasteiger partial charge is 0.324 e. The number of fused-ring (bicyclic) bond motifs is 7. The molecule has 1 aliphatic carbocycles. The fourth-order valence-corrected chi connectivity index (χ4v) is 10.8. The number of nitrogens with one attached hydrogen (secondary N) is 2. The zero-order chi connectivity index (χ0) is 43.3. The van der Waals surface area contributed by atoms with Crippen molar-refractivity contribution < 1.29 is 28.6 Å². The minimum Gasteiger partial charge on any atom is -0.464 e. The number of anilines is 1. The number of carbonyl (C=O) groups excluding carboxylic acids is 3. The second kappa shape index (κ2) is 17.6. The molecule has 6 bridgehead atoms. The average Bonchev–Trinajstić information content (AvgIpc) is 3.81. The number of hydrogen-bond acceptors (Lipinski definition) is 12. The maximum atomic E-state index is 14.2. The highest BCUT2D eigenvalue weighted by Crippen LogP contribution is 2.43. The summed E-state index contributed by atoms with van der Waals surface area (Å²) in [5.41, 5.74) is 10.8. The molecule has 0 spiro atoms. The molecule has 15 heteroatoms. The lowest BCUT2D eigenvalue weighted by molar-refractivity contribution is -0.155. The van der Waals surface area contributed by atoms with Crippen molar-refractivity contribution >= 4 is 45.7 Å². The number of carbonyl (C=O) groups is 3. The van der Waals surface area contributed by atoms with Crippen LogP contribution >= 0.6 is 11.3 Å². The number of methoxy groups -OCH3 is 1. The van der Waals surface area contributed by atoms with Gasteiger partial charge in [0.05, 0.1) is 59.9 Å². The maximum absolute atomic E-state index is 14.2. The van der Waals surface area contributed by atoms with Gasteiger partial charge in [-0.25, -0.2) is 10.4 Å². The lowest BCUT2D eigenvalue weighted by atomic mass is 9.84. The maximum Gasteiger partial charge on any atom is 0.324 e. The minimum absolute atomic E-state index is 0.0937. The van der Waals surface area contributed by atoms with Gasteiger partial charge in [0.25, 0.3) is 5.91 Å². The van der Waals surface area contributed by atoms with Crippen LogP contribution in [0.5, 0.6) is 0 Å². The highest BCUT2D eigenvalue weighted by molar-refractivity contribution is 7.10. The molecule has 2 N–H and O–H groups in total. The van der Waals surface area contributed by atoms with Crippen LogP contribution in [-0.4, -0.2) is 120 Å². The molecule has 1 saturated carbocycles. The zero-order valence-electron chi connectivity index (χ0n) is 37.1. The quantitative estimate of drug-likeness (QED) is 0.219. The summed E-state index contributed by atoms with van der Waals surface area (Å²) in [5, 5.41) is 8.47. The van der Waals surface area contributed by atoms with E-state index in [-0.39, 0.29) is 42.8 Å². The number of hydrogen-bond donors (Lipinski definition) is 2. The van der Waals surface area contributed by atoms with Crippen molar-refractivity contribution in [2.75, 3.05) is 64.6 Å². The normalized spacial score (nSPS) is 26.3. The third kappa shape index (κ3) is 8.62. The Labute approximate surface area is 368 Å². The Balaban J connectivity index is 1.15. The Kier molecular flexibility index (Phi) is 12.2. The Morgan fingerprint density at radius 2 is 1.97 bits per heavy atom. The van der Waals surface area contributed by atoms with Gasteiger partial charge in [0.1, 0.15) is 12.1 Å². The van der Waals surface area contributed by atoms with Gasteiger partial charge in [-0.05, 0) is 75.6 Å². The van der Waals surface area contributed by atoms with Gasteiger partial charge in [-0.2, -0.15) is 0 Å². The number of pyridine rings is 1. The van der Waals surface area contributed by atoms with Gasteiger partial charge in [0.2, 0.25) is 5.91 Å². The first-order valence-electron chi connectivity index (χ1n) is 22.7. The van der Waals surface area contributed by atoms with Gasteiger partial charge >= 0.3 is 5.97 Å². The van der Waals surface area contributed by atoms with Crippen LogP contribution in [0, 0.1) is 17.3 Å². The van der Waals surface area contributed by atoms with E-state index in [2.05, 4.69) is 84.0 Å². The number of cyclic esters (lactones) is 1. The molecule has 4 aromatic rings. The number of thiazole rings is 1. The number of aryl methyl sites for hydroxylation is 1. The first kappa shape index (κ1) is 42.9. The van der Waals surface area contributed by atoms with Gasteiger partial charge in [-0.1, -0.05) is 26.8 Å².